The monoisotopic (exact) mass is 292 g/mol. The average molecular weight is 292 g/mol. The van der Waals surface area contributed by atoms with Crippen LogP contribution in [0.5, 0.6) is 0 Å². The predicted molar refractivity (Wildman–Crippen MR) is 69.4 cm³/mol. The van der Waals surface area contributed by atoms with Gasteiger partial charge in [0.15, 0.2) is 6.23 Å². The van der Waals surface area contributed by atoms with Gasteiger partial charge in [-0.3, -0.25) is 4.79 Å². The van der Waals surface area contributed by atoms with Crippen molar-refractivity contribution in [1.82, 2.24) is 5.32 Å². The molecule has 8 nitrogen and oxygen atoms in total. The Morgan fingerprint density at radius 3 is 2.40 bits per heavy atom. The van der Waals surface area contributed by atoms with Crippen LogP contribution in [0.1, 0.15) is 25.7 Å². The summed E-state index contributed by atoms with van der Waals surface area (Å²) >= 11 is 0. The molecule has 1 aliphatic heterocycles. The average Bonchev–Trinajstić information content (AvgIpc) is 2.44. The highest BCUT2D eigenvalue weighted by atomic mass is 16.6. The number of carbonyl (C=O) groups excluding carboxylic acids is 1. The Morgan fingerprint density at radius 1 is 1.10 bits per heavy atom. The van der Waals surface area contributed by atoms with Crippen LogP contribution in [0.2, 0.25) is 0 Å². The molecule has 0 spiro atoms. The van der Waals surface area contributed by atoms with Crippen molar-refractivity contribution in [1.29, 1.82) is 0 Å². The largest absolute Gasteiger partial charge is 0.394 e. The molecule has 1 saturated heterocycles. The number of nitrogens with two attached hydrogens (primary N) is 1. The van der Waals surface area contributed by atoms with Crippen molar-refractivity contribution in [2.45, 2.75) is 56.3 Å². The van der Waals surface area contributed by atoms with E-state index in [0.29, 0.717) is 13.0 Å². The molecule has 0 aromatic heterocycles. The van der Waals surface area contributed by atoms with E-state index in [2.05, 4.69) is 5.32 Å². The summed E-state index contributed by atoms with van der Waals surface area (Å²) in [6.07, 6.45) is -3.91. The van der Waals surface area contributed by atoms with Gasteiger partial charge in [-0.25, -0.2) is 0 Å². The number of ether oxygens (including phenoxy) is 1. The molecule has 1 aliphatic rings. The second-order valence-electron chi connectivity index (χ2n) is 4.92. The molecule has 1 rings (SSSR count). The molecule has 2 unspecified atom stereocenters. The molecule has 1 amide bonds. The number of carbonyl (C=O) groups is 1. The molecular weight excluding hydrogens is 268 g/mol. The summed E-state index contributed by atoms with van der Waals surface area (Å²) in [5.41, 5.74) is 5.34. The third kappa shape index (κ3) is 4.65. The molecule has 0 radical (unpaired) electrons. The molecule has 7 N–H and O–H groups in total. The topological polar surface area (TPSA) is 145 Å². The predicted octanol–water partition coefficient (Wildman–Crippen LogP) is -2.58. The fourth-order valence-corrected chi connectivity index (χ4v) is 2.06. The molecule has 8 heteroatoms. The summed E-state index contributed by atoms with van der Waals surface area (Å²) in [5, 5.41) is 40.3. The molecular formula is C12H24N2O6. The first kappa shape index (κ1) is 17.3. The molecule has 1 heterocycles. The van der Waals surface area contributed by atoms with Crippen LogP contribution in [-0.2, 0) is 9.53 Å². The van der Waals surface area contributed by atoms with E-state index in [-0.39, 0.29) is 12.3 Å². The van der Waals surface area contributed by atoms with Crippen molar-refractivity contribution in [2.75, 3.05) is 13.2 Å². The zero-order valence-electron chi connectivity index (χ0n) is 11.3. The maximum Gasteiger partial charge on any atom is 0.222 e. The van der Waals surface area contributed by atoms with E-state index < -0.39 is 37.3 Å². The van der Waals surface area contributed by atoms with Gasteiger partial charge in [-0.1, -0.05) is 6.42 Å². The zero-order valence-corrected chi connectivity index (χ0v) is 11.3. The third-order valence-corrected chi connectivity index (χ3v) is 3.30. The van der Waals surface area contributed by atoms with Gasteiger partial charge in [-0.2, -0.15) is 0 Å². The summed E-state index contributed by atoms with van der Waals surface area (Å²) in [6, 6.07) is 0. The van der Waals surface area contributed by atoms with Crippen LogP contribution in [0.3, 0.4) is 0 Å². The van der Waals surface area contributed by atoms with Crippen LogP contribution in [0.15, 0.2) is 0 Å². The van der Waals surface area contributed by atoms with E-state index in [1.807, 2.05) is 0 Å². The van der Waals surface area contributed by atoms with E-state index in [4.69, 9.17) is 15.6 Å². The van der Waals surface area contributed by atoms with Crippen molar-refractivity contribution in [3.8, 4) is 0 Å². The Bertz CT molecular complexity index is 302. The lowest BCUT2D eigenvalue weighted by atomic mass is 9.98. The van der Waals surface area contributed by atoms with E-state index >= 15 is 0 Å². The lowest BCUT2D eigenvalue weighted by Crippen LogP contribution is -2.63. The van der Waals surface area contributed by atoms with Gasteiger partial charge in [0.25, 0.3) is 0 Å². The van der Waals surface area contributed by atoms with Crippen LogP contribution in [-0.4, -0.2) is 70.1 Å². The van der Waals surface area contributed by atoms with Crippen LogP contribution < -0.4 is 11.1 Å². The van der Waals surface area contributed by atoms with Crippen LogP contribution in [0, 0.1) is 0 Å². The van der Waals surface area contributed by atoms with Gasteiger partial charge in [-0.15, -0.1) is 0 Å². The van der Waals surface area contributed by atoms with Crippen LogP contribution in [0.25, 0.3) is 0 Å². The molecule has 0 aromatic rings. The quantitative estimate of drug-likeness (QED) is 0.283. The van der Waals surface area contributed by atoms with E-state index in [0.717, 1.165) is 12.8 Å². The summed E-state index contributed by atoms with van der Waals surface area (Å²) in [4.78, 5) is 11.7. The number of hydrogen-bond donors (Lipinski definition) is 6. The summed E-state index contributed by atoms with van der Waals surface area (Å²) in [6.45, 7) is 0.0577. The number of aliphatic hydroxyl groups excluding tert-OH is 4. The van der Waals surface area contributed by atoms with Crippen molar-refractivity contribution in [3.05, 3.63) is 0 Å². The Morgan fingerprint density at radius 2 is 1.80 bits per heavy atom. The highest BCUT2D eigenvalue weighted by molar-refractivity contribution is 5.76. The Labute approximate surface area is 117 Å². The van der Waals surface area contributed by atoms with Gasteiger partial charge in [0, 0.05) is 6.42 Å². The lowest BCUT2D eigenvalue weighted by Gasteiger charge is -2.40. The maximum atomic E-state index is 11.7. The second kappa shape index (κ2) is 8.50. The van der Waals surface area contributed by atoms with Gasteiger partial charge in [0.1, 0.15) is 24.4 Å². The Balaban J connectivity index is 2.43. The van der Waals surface area contributed by atoms with E-state index in [9.17, 15) is 20.1 Å². The Kier molecular flexibility index (Phi) is 7.35. The molecule has 0 bridgehead atoms. The minimum absolute atomic E-state index is 0.259. The summed E-state index contributed by atoms with van der Waals surface area (Å²) in [5.74, 6) is -0.327. The molecule has 20 heavy (non-hydrogen) atoms. The van der Waals surface area contributed by atoms with Crippen LogP contribution >= 0.6 is 0 Å². The van der Waals surface area contributed by atoms with Gasteiger partial charge >= 0.3 is 0 Å². The van der Waals surface area contributed by atoms with Gasteiger partial charge in [0.2, 0.25) is 5.91 Å². The first-order valence-electron chi connectivity index (χ1n) is 6.81. The highest BCUT2D eigenvalue weighted by Gasteiger charge is 2.43. The molecule has 0 aliphatic carbocycles. The number of hydrogen-bond acceptors (Lipinski definition) is 7. The lowest BCUT2D eigenvalue weighted by molar-refractivity contribution is -0.236. The number of amides is 1. The normalized spacial score (nSPS) is 34.0. The second-order valence-corrected chi connectivity index (χ2v) is 4.92. The molecule has 5 atom stereocenters. The fourth-order valence-electron chi connectivity index (χ4n) is 2.06. The number of rotatable bonds is 7. The van der Waals surface area contributed by atoms with Crippen LogP contribution in [0.4, 0.5) is 0 Å². The van der Waals surface area contributed by atoms with Gasteiger partial charge < -0.3 is 36.2 Å². The van der Waals surface area contributed by atoms with Crippen molar-refractivity contribution < 1.29 is 30.0 Å². The molecule has 0 saturated carbocycles. The minimum Gasteiger partial charge on any atom is -0.394 e. The van der Waals surface area contributed by atoms with Crippen molar-refractivity contribution in [3.63, 3.8) is 0 Å². The maximum absolute atomic E-state index is 11.7. The summed E-state index contributed by atoms with van der Waals surface area (Å²) in [7, 11) is 0. The minimum atomic E-state index is -1.48. The fraction of sp³-hybridized carbons (Fsp3) is 0.917. The summed E-state index contributed by atoms with van der Waals surface area (Å²) < 4.78 is 5.17. The van der Waals surface area contributed by atoms with Crippen molar-refractivity contribution >= 4 is 5.91 Å². The first-order valence-corrected chi connectivity index (χ1v) is 6.81. The van der Waals surface area contributed by atoms with Crippen molar-refractivity contribution in [2.24, 2.45) is 5.73 Å². The highest BCUT2D eigenvalue weighted by Crippen LogP contribution is 2.19. The first-order chi connectivity index (χ1) is 9.51. The van der Waals surface area contributed by atoms with E-state index in [1.54, 1.807) is 0 Å². The number of unbranched alkanes of at least 4 members (excludes halogenated alkanes) is 2. The molecule has 0 aromatic carbocycles. The SMILES string of the molecule is NCCCCCC(=O)N[C@H]1OC(CO)[C@H](O)[C@@H](O)C1O. The standard InChI is InChI=1S/C12H24N2O6/c13-5-3-1-2-4-8(16)14-12-11(19)10(18)9(17)7(6-15)20-12/h7,9-12,15,17-19H,1-6,13H2,(H,14,16)/t7?,9-,10+,11?,12-/m0/s1. The molecule has 118 valence electrons. The zero-order chi connectivity index (χ0) is 15.1. The number of nitrogens with one attached hydrogen (secondary N) is 1. The number of aliphatic hydroxyl groups is 4. The van der Waals surface area contributed by atoms with Gasteiger partial charge in [-0.05, 0) is 19.4 Å². The van der Waals surface area contributed by atoms with Gasteiger partial charge in [0.05, 0.1) is 6.61 Å². The Hall–Kier alpha value is -0.770. The smallest absolute Gasteiger partial charge is 0.222 e. The molecule has 1 fully saturated rings. The third-order valence-electron chi connectivity index (χ3n) is 3.30. The van der Waals surface area contributed by atoms with E-state index in [1.165, 1.54) is 0 Å².